The summed E-state index contributed by atoms with van der Waals surface area (Å²) >= 11 is 0. The van der Waals surface area contributed by atoms with Crippen LogP contribution >= 0.6 is 0 Å². The van der Waals surface area contributed by atoms with Crippen molar-refractivity contribution in [2.45, 2.75) is 0 Å². The first-order valence-electron chi connectivity index (χ1n) is 7.25. The molecule has 0 amide bonds. The lowest BCUT2D eigenvalue weighted by Gasteiger charge is -2.02. The average molecular weight is 320 g/mol. The molecule has 0 saturated heterocycles. The van der Waals surface area contributed by atoms with Crippen LogP contribution in [0.2, 0.25) is 0 Å². The molecule has 0 heterocycles. The van der Waals surface area contributed by atoms with Gasteiger partial charge in [-0.25, -0.2) is 4.79 Å². The monoisotopic (exact) mass is 320 g/mol. The highest BCUT2D eigenvalue weighted by Gasteiger charge is 2.11. The van der Waals surface area contributed by atoms with Crippen molar-refractivity contribution in [1.82, 2.24) is 0 Å². The molecule has 4 heteroatoms. The Balaban J connectivity index is 0.000000198. The van der Waals surface area contributed by atoms with E-state index in [-0.39, 0.29) is 11.5 Å². The first-order chi connectivity index (χ1) is 11.6. The van der Waals surface area contributed by atoms with Crippen LogP contribution in [0.1, 0.15) is 26.3 Å². The van der Waals surface area contributed by atoms with E-state index in [2.05, 4.69) is 0 Å². The summed E-state index contributed by atoms with van der Waals surface area (Å²) in [5.74, 6) is -1.02. The summed E-state index contributed by atoms with van der Waals surface area (Å²) in [6.07, 6.45) is 0. The molecule has 0 fully saturated rings. The zero-order valence-corrected chi connectivity index (χ0v) is 12.8. The number of hydrogen-bond acceptors (Lipinski definition) is 3. The van der Waals surface area contributed by atoms with Crippen LogP contribution in [0.25, 0.3) is 0 Å². The third-order valence-corrected chi connectivity index (χ3v) is 3.21. The summed E-state index contributed by atoms with van der Waals surface area (Å²) in [4.78, 5) is 22.1. The van der Waals surface area contributed by atoms with E-state index < -0.39 is 5.97 Å². The predicted molar refractivity (Wildman–Crippen MR) is 91.4 cm³/mol. The Labute approximate surface area is 139 Å². The second kappa shape index (κ2) is 8.29. The van der Waals surface area contributed by atoms with E-state index >= 15 is 0 Å². The standard InChI is InChI=1S/C13H10O2.C7H6O2/c14-12-9-5-4-8-11(12)13(15)10-6-2-1-3-7-10;8-7(9)6-4-2-1-3-5-6/h1-9,14H;1-5H,(H,8,9). The van der Waals surface area contributed by atoms with Crippen LogP contribution in [-0.2, 0) is 0 Å². The van der Waals surface area contributed by atoms with Crippen molar-refractivity contribution < 1.29 is 19.8 Å². The van der Waals surface area contributed by atoms with Gasteiger partial charge in [-0.15, -0.1) is 0 Å². The van der Waals surface area contributed by atoms with Crippen LogP contribution < -0.4 is 0 Å². The van der Waals surface area contributed by atoms with Crippen LogP contribution in [0.4, 0.5) is 0 Å². The molecule has 4 nitrogen and oxygen atoms in total. The average Bonchev–Trinajstić information content (AvgIpc) is 2.63. The summed E-state index contributed by atoms with van der Waals surface area (Å²) in [5, 5.41) is 17.9. The molecule has 120 valence electrons. The number of hydrogen-bond donors (Lipinski definition) is 2. The van der Waals surface area contributed by atoms with Gasteiger partial charge in [-0.05, 0) is 24.3 Å². The van der Waals surface area contributed by atoms with Gasteiger partial charge >= 0.3 is 5.97 Å². The lowest BCUT2D eigenvalue weighted by molar-refractivity contribution is 0.0696. The molecule has 0 aliphatic carbocycles. The number of ketones is 1. The number of phenols is 1. The minimum atomic E-state index is -0.879. The third kappa shape index (κ3) is 4.55. The fourth-order valence-corrected chi connectivity index (χ4v) is 1.99. The molecule has 3 aromatic carbocycles. The van der Waals surface area contributed by atoms with E-state index in [0.29, 0.717) is 16.7 Å². The molecule has 0 bridgehead atoms. The maximum atomic E-state index is 11.9. The normalized spacial score (nSPS) is 9.50. The van der Waals surface area contributed by atoms with E-state index in [0.717, 1.165) is 0 Å². The molecule has 24 heavy (non-hydrogen) atoms. The summed E-state index contributed by atoms with van der Waals surface area (Å²) in [5.41, 5.74) is 1.25. The number of carbonyl (C=O) groups is 2. The first kappa shape index (κ1) is 17.0. The molecule has 3 aromatic rings. The van der Waals surface area contributed by atoms with Crippen LogP contribution in [0.3, 0.4) is 0 Å². The minimum absolute atomic E-state index is 0.0198. The summed E-state index contributed by atoms with van der Waals surface area (Å²) < 4.78 is 0. The van der Waals surface area contributed by atoms with Gasteiger partial charge in [-0.2, -0.15) is 0 Å². The highest BCUT2D eigenvalue weighted by molar-refractivity contribution is 6.10. The number of aromatic carboxylic acids is 1. The van der Waals surface area contributed by atoms with Gasteiger partial charge in [0.15, 0.2) is 5.78 Å². The molecular formula is C20H16O4. The molecule has 0 atom stereocenters. The molecule has 0 spiro atoms. The fourth-order valence-electron chi connectivity index (χ4n) is 1.99. The Hall–Kier alpha value is -3.40. The molecule has 0 saturated carbocycles. The van der Waals surface area contributed by atoms with Crippen LogP contribution in [-0.4, -0.2) is 22.0 Å². The van der Waals surface area contributed by atoms with Crippen molar-refractivity contribution in [1.29, 1.82) is 0 Å². The van der Waals surface area contributed by atoms with Gasteiger partial charge < -0.3 is 10.2 Å². The lowest BCUT2D eigenvalue weighted by atomic mass is 10.0. The van der Waals surface area contributed by atoms with Crippen LogP contribution in [0.5, 0.6) is 5.75 Å². The van der Waals surface area contributed by atoms with E-state index in [9.17, 15) is 14.7 Å². The summed E-state index contributed by atoms with van der Waals surface area (Å²) in [6, 6.07) is 23.8. The fraction of sp³-hybridized carbons (Fsp3) is 0. The molecule has 2 N–H and O–H groups in total. The Morgan fingerprint density at radius 3 is 1.54 bits per heavy atom. The van der Waals surface area contributed by atoms with Gasteiger partial charge in [0.05, 0.1) is 11.1 Å². The Bertz CT molecular complexity index is 811. The van der Waals surface area contributed by atoms with Crippen molar-refractivity contribution in [3.63, 3.8) is 0 Å². The molecule has 0 unspecified atom stereocenters. The highest BCUT2D eigenvalue weighted by atomic mass is 16.4. The number of rotatable bonds is 3. The van der Waals surface area contributed by atoms with Crippen molar-refractivity contribution in [3.8, 4) is 5.75 Å². The smallest absolute Gasteiger partial charge is 0.335 e. The molecule has 0 radical (unpaired) electrons. The molecule has 0 aliphatic rings. The quantitative estimate of drug-likeness (QED) is 0.715. The zero-order valence-electron chi connectivity index (χ0n) is 12.8. The van der Waals surface area contributed by atoms with Crippen LogP contribution in [0.15, 0.2) is 84.9 Å². The van der Waals surface area contributed by atoms with Crippen molar-refractivity contribution in [3.05, 3.63) is 102 Å². The summed E-state index contributed by atoms with van der Waals surface area (Å²) in [7, 11) is 0. The second-order valence-electron chi connectivity index (χ2n) is 4.88. The van der Waals surface area contributed by atoms with Crippen molar-refractivity contribution in [2.24, 2.45) is 0 Å². The Kier molecular flexibility index (Phi) is 5.86. The number of aromatic hydroxyl groups is 1. The van der Waals surface area contributed by atoms with E-state index in [1.165, 1.54) is 6.07 Å². The molecule has 0 aliphatic heterocycles. The Morgan fingerprint density at radius 1 is 0.625 bits per heavy atom. The number of benzene rings is 3. The number of phenolic OH excluding ortho intramolecular Hbond substituents is 1. The topological polar surface area (TPSA) is 74.6 Å². The van der Waals surface area contributed by atoms with Gasteiger partial charge in [0, 0.05) is 5.56 Å². The SMILES string of the molecule is O=C(O)c1ccccc1.O=C(c1ccccc1)c1ccccc1O. The number of para-hydroxylation sites is 1. The van der Waals surface area contributed by atoms with Gasteiger partial charge in [0.1, 0.15) is 5.75 Å². The summed E-state index contributed by atoms with van der Waals surface area (Å²) in [6.45, 7) is 0. The predicted octanol–water partition coefficient (Wildman–Crippen LogP) is 4.01. The maximum absolute atomic E-state index is 11.9. The third-order valence-electron chi connectivity index (χ3n) is 3.21. The van der Waals surface area contributed by atoms with Gasteiger partial charge in [0.25, 0.3) is 0 Å². The van der Waals surface area contributed by atoms with Gasteiger partial charge in [-0.3, -0.25) is 4.79 Å². The van der Waals surface area contributed by atoms with Crippen molar-refractivity contribution in [2.75, 3.05) is 0 Å². The van der Waals surface area contributed by atoms with Gasteiger partial charge in [-0.1, -0.05) is 60.7 Å². The Morgan fingerprint density at radius 2 is 1.08 bits per heavy atom. The van der Waals surface area contributed by atoms with E-state index in [4.69, 9.17) is 5.11 Å². The first-order valence-corrected chi connectivity index (χ1v) is 7.25. The van der Waals surface area contributed by atoms with E-state index in [1.54, 1.807) is 72.8 Å². The number of carboxylic acids is 1. The van der Waals surface area contributed by atoms with Crippen molar-refractivity contribution >= 4 is 11.8 Å². The minimum Gasteiger partial charge on any atom is -0.507 e. The lowest BCUT2D eigenvalue weighted by Crippen LogP contribution is -2.00. The largest absolute Gasteiger partial charge is 0.507 e. The highest BCUT2D eigenvalue weighted by Crippen LogP contribution is 2.19. The number of carbonyl (C=O) groups excluding carboxylic acids is 1. The number of carboxylic acid groups (broad SMARTS) is 1. The van der Waals surface area contributed by atoms with E-state index in [1.807, 2.05) is 6.07 Å². The van der Waals surface area contributed by atoms with Gasteiger partial charge in [0.2, 0.25) is 0 Å². The van der Waals surface area contributed by atoms with Crippen LogP contribution in [0, 0.1) is 0 Å². The molecule has 0 aromatic heterocycles. The maximum Gasteiger partial charge on any atom is 0.335 e. The molecule has 3 rings (SSSR count). The second-order valence-corrected chi connectivity index (χ2v) is 4.88. The zero-order chi connectivity index (χ0) is 17.4. The molecular weight excluding hydrogens is 304 g/mol.